The fourth-order valence-electron chi connectivity index (χ4n) is 2.11. The molecule has 0 unspecified atom stereocenters. The Morgan fingerprint density at radius 1 is 1.04 bits per heavy atom. The van der Waals surface area contributed by atoms with Gasteiger partial charge in [0.05, 0.1) is 0 Å². The summed E-state index contributed by atoms with van der Waals surface area (Å²) in [6.07, 6.45) is 1.72. The second kappa shape index (κ2) is 7.11. The van der Waals surface area contributed by atoms with Gasteiger partial charge in [-0.25, -0.2) is 4.98 Å². The largest absolute Gasteiger partial charge is 0.366 e. The Morgan fingerprint density at radius 3 is 2.65 bits per heavy atom. The quantitative estimate of drug-likeness (QED) is 0.708. The molecular weight excluding hydrogens is 308 g/mol. The van der Waals surface area contributed by atoms with E-state index < -0.39 is 0 Å². The summed E-state index contributed by atoms with van der Waals surface area (Å²) >= 11 is 6.14. The highest BCUT2D eigenvalue weighted by Crippen LogP contribution is 2.22. The van der Waals surface area contributed by atoms with Crippen molar-refractivity contribution in [2.24, 2.45) is 0 Å². The maximum atomic E-state index is 6.14. The first kappa shape index (κ1) is 15.3. The number of halogens is 1. The van der Waals surface area contributed by atoms with Gasteiger partial charge in [-0.1, -0.05) is 48.0 Å². The van der Waals surface area contributed by atoms with E-state index in [0.717, 1.165) is 17.1 Å². The Bertz CT molecular complexity index is 790. The molecule has 5 heteroatoms. The van der Waals surface area contributed by atoms with E-state index in [-0.39, 0.29) is 0 Å². The van der Waals surface area contributed by atoms with Gasteiger partial charge < -0.3 is 10.6 Å². The Hall–Kier alpha value is -2.59. The number of nitrogens with zero attached hydrogens (tertiary/aromatic N) is 2. The number of benzene rings is 2. The summed E-state index contributed by atoms with van der Waals surface area (Å²) in [6.45, 7) is 2.68. The Kier molecular flexibility index (Phi) is 4.74. The SMILES string of the molecule is Cc1ccc(Nc2nccc(NCc3ccccc3)n2)cc1Cl. The standard InChI is InChI=1S/C18H17ClN4/c1-13-7-8-15(11-16(13)19)22-18-20-10-9-17(23-18)21-12-14-5-3-2-4-6-14/h2-11H,12H2,1H3,(H2,20,21,22,23). The Morgan fingerprint density at radius 2 is 1.87 bits per heavy atom. The topological polar surface area (TPSA) is 49.8 Å². The van der Waals surface area contributed by atoms with Crippen molar-refractivity contribution in [3.8, 4) is 0 Å². The highest BCUT2D eigenvalue weighted by molar-refractivity contribution is 6.31. The average molecular weight is 325 g/mol. The van der Waals surface area contributed by atoms with Crippen molar-refractivity contribution >= 4 is 29.1 Å². The smallest absolute Gasteiger partial charge is 0.229 e. The molecule has 0 aliphatic carbocycles. The van der Waals surface area contributed by atoms with Crippen molar-refractivity contribution in [2.75, 3.05) is 10.6 Å². The molecule has 1 heterocycles. The van der Waals surface area contributed by atoms with E-state index in [9.17, 15) is 0 Å². The molecule has 0 atom stereocenters. The van der Waals surface area contributed by atoms with Crippen LogP contribution in [0.5, 0.6) is 0 Å². The van der Waals surface area contributed by atoms with Crippen LogP contribution in [0.25, 0.3) is 0 Å². The number of aryl methyl sites for hydroxylation is 1. The van der Waals surface area contributed by atoms with Crippen molar-refractivity contribution in [1.29, 1.82) is 0 Å². The third kappa shape index (κ3) is 4.20. The first-order valence-electron chi connectivity index (χ1n) is 7.35. The molecule has 0 radical (unpaired) electrons. The molecule has 1 aromatic heterocycles. The molecule has 0 saturated heterocycles. The highest BCUT2D eigenvalue weighted by Gasteiger charge is 2.02. The second-order valence-electron chi connectivity index (χ2n) is 5.19. The van der Waals surface area contributed by atoms with Gasteiger partial charge in [-0.15, -0.1) is 0 Å². The molecule has 0 aliphatic rings. The molecule has 0 bridgehead atoms. The van der Waals surface area contributed by atoms with Gasteiger partial charge in [-0.3, -0.25) is 0 Å². The highest BCUT2D eigenvalue weighted by atomic mass is 35.5. The molecule has 23 heavy (non-hydrogen) atoms. The predicted octanol–water partition coefficient (Wildman–Crippen LogP) is 4.79. The van der Waals surface area contributed by atoms with Gasteiger partial charge in [0, 0.05) is 23.5 Å². The Balaban J connectivity index is 1.68. The van der Waals surface area contributed by atoms with Crippen LogP contribution in [0.2, 0.25) is 5.02 Å². The maximum absolute atomic E-state index is 6.14. The van der Waals surface area contributed by atoms with E-state index in [0.29, 0.717) is 17.5 Å². The summed E-state index contributed by atoms with van der Waals surface area (Å²) in [7, 11) is 0. The van der Waals surface area contributed by atoms with Crippen molar-refractivity contribution in [2.45, 2.75) is 13.5 Å². The summed E-state index contributed by atoms with van der Waals surface area (Å²) in [5.41, 5.74) is 3.10. The maximum Gasteiger partial charge on any atom is 0.229 e. The minimum absolute atomic E-state index is 0.531. The lowest BCUT2D eigenvalue weighted by atomic mass is 10.2. The molecule has 116 valence electrons. The van der Waals surface area contributed by atoms with Crippen LogP contribution < -0.4 is 10.6 Å². The summed E-state index contributed by atoms with van der Waals surface area (Å²) < 4.78 is 0. The molecule has 4 nitrogen and oxygen atoms in total. The number of hydrogen-bond donors (Lipinski definition) is 2. The van der Waals surface area contributed by atoms with Crippen molar-refractivity contribution in [3.05, 3.63) is 76.9 Å². The first-order chi connectivity index (χ1) is 11.2. The Labute approximate surface area is 140 Å². The van der Waals surface area contributed by atoms with Crippen LogP contribution in [0, 0.1) is 6.92 Å². The fraction of sp³-hybridized carbons (Fsp3) is 0.111. The van der Waals surface area contributed by atoms with E-state index >= 15 is 0 Å². The van der Waals surface area contributed by atoms with Crippen LogP contribution in [-0.4, -0.2) is 9.97 Å². The van der Waals surface area contributed by atoms with E-state index in [1.54, 1.807) is 6.20 Å². The molecule has 0 fully saturated rings. The number of anilines is 3. The zero-order chi connectivity index (χ0) is 16.1. The summed E-state index contributed by atoms with van der Waals surface area (Å²) in [6, 6.07) is 17.8. The number of hydrogen-bond acceptors (Lipinski definition) is 4. The number of rotatable bonds is 5. The lowest BCUT2D eigenvalue weighted by molar-refractivity contribution is 1.08. The molecule has 3 rings (SSSR count). The summed E-state index contributed by atoms with van der Waals surface area (Å²) in [5.74, 6) is 1.30. The van der Waals surface area contributed by atoms with Crippen molar-refractivity contribution in [1.82, 2.24) is 9.97 Å². The van der Waals surface area contributed by atoms with E-state index in [2.05, 4.69) is 32.7 Å². The lowest BCUT2D eigenvalue weighted by Gasteiger charge is -2.09. The van der Waals surface area contributed by atoms with Gasteiger partial charge in [-0.05, 0) is 36.2 Å². The molecule has 0 spiro atoms. The van der Waals surface area contributed by atoms with Gasteiger partial charge in [0.15, 0.2) is 0 Å². The van der Waals surface area contributed by atoms with E-state index in [1.165, 1.54) is 5.56 Å². The molecule has 2 aromatic carbocycles. The van der Waals surface area contributed by atoms with Crippen LogP contribution in [0.3, 0.4) is 0 Å². The molecule has 0 aliphatic heterocycles. The molecule has 2 N–H and O–H groups in total. The zero-order valence-corrected chi connectivity index (χ0v) is 13.5. The van der Waals surface area contributed by atoms with E-state index in [1.807, 2.05) is 49.4 Å². The minimum Gasteiger partial charge on any atom is -0.366 e. The van der Waals surface area contributed by atoms with Gasteiger partial charge in [0.25, 0.3) is 0 Å². The van der Waals surface area contributed by atoms with Crippen LogP contribution in [0.15, 0.2) is 60.8 Å². The van der Waals surface area contributed by atoms with Gasteiger partial charge >= 0.3 is 0 Å². The number of aromatic nitrogens is 2. The monoisotopic (exact) mass is 324 g/mol. The molecule has 0 amide bonds. The summed E-state index contributed by atoms with van der Waals surface area (Å²) in [5, 5.41) is 7.17. The van der Waals surface area contributed by atoms with Crippen molar-refractivity contribution in [3.63, 3.8) is 0 Å². The van der Waals surface area contributed by atoms with Crippen molar-refractivity contribution < 1.29 is 0 Å². The van der Waals surface area contributed by atoms with Gasteiger partial charge in [0.2, 0.25) is 5.95 Å². The first-order valence-corrected chi connectivity index (χ1v) is 7.72. The molecule has 3 aromatic rings. The number of nitrogens with one attached hydrogen (secondary N) is 2. The van der Waals surface area contributed by atoms with Crippen LogP contribution in [0.1, 0.15) is 11.1 Å². The van der Waals surface area contributed by atoms with Crippen LogP contribution in [0.4, 0.5) is 17.5 Å². The van der Waals surface area contributed by atoms with Crippen LogP contribution in [-0.2, 0) is 6.54 Å². The molecular formula is C18H17ClN4. The minimum atomic E-state index is 0.531. The van der Waals surface area contributed by atoms with Gasteiger partial charge in [0.1, 0.15) is 5.82 Å². The lowest BCUT2D eigenvalue weighted by Crippen LogP contribution is -2.04. The van der Waals surface area contributed by atoms with E-state index in [4.69, 9.17) is 11.6 Å². The zero-order valence-electron chi connectivity index (χ0n) is 12.8. The second-order valence-corrected chi connectivity index (χ2v) is 5.60. The average Bonchev–Trinajstić information content (AvgIpc) is 2.58. The van der Waals surface area contributed by atoms with Crippen LogP contribution >= 0.6 is 11.6 Å². The fourth-order valence-corrected chi connectivity index (χ4v) is 2.29. The van der Waals surface area contributed by atoms with Gasteiger partial charge in [-0.2, -0.15) is 4.98 Å². The third-order valence-corrected chi connectivity index (χ3v) is 3.81. The molecule has 0 saturated carbocycles. The normalized spacial score (nSPS) is 10.3. The predicted molar refractivity (Wildman–Crippen MR) is 95.3 cm³/mol. The summed E-state index contributed by atoms with van der Waals surface area (Å²) in [4.78, 5) is 8.70. The third-order valence-electron chi connectivity index (χ3n) is 3.40.